The Hall–Kier alpha value is -0.780. The van der Waals surface area contributed by atoms with Crippen LogP contribution in [0, 0.1) is 17.3 Å². The van der Waals surface area contributed by atoms with Crippen LogP contribution in [-0.4, -0.2) is 40.8 Å². The van der Waals surface area contributed by atoms with Crippen LogP contribution in [0.1, 0.15) is 65.7 Å². The van der Waals surface area contributed by atoms with Crippen LogP contribution in [0.25, 0.3) is 0 Å². The molecule has 0 radical (unpaired) electrons. The van der Waals surface area contributed by atoms with E-state index in [1.165, 1.54) is 4.90 Å². The molecule has 0 aromatic carbocycles. The van der Waals surface area contributed by atoms with Crippen LogP contribution in [0.5, 0.6) is 0 Å². The number of piperidine rings is 1. The highest BCUT2D eigenvalue weighted by Crippen LogP contribution is 2.41. The molecular formula is C18H30F3NO2. The highest BCUT2D eigenvalue weighted by Gasteiger charge is 2.54. The van der Waals surface area contributed by atoms with Crippen LogP contribution in [-0.2, 0) is 4.79 Å². The predicted octanol–water partition coefficient (Wildman–Crippen LogP) is 4.14. The molecule has 2 fully saturated rings. The number of amides is 1. The van der Waals surface area contributed by atoms with Crippen molar-refractivity contribution in [2.75, 3.05) is 13.1 Å². The summed E-state index contributed by atoms with van der Waals surface area (Å²) in [7, 11) is 0. The summed E-state index contributed by atoms with van der Waals surface area (Å²) < 4.78 is 38.4. The molecular weight excluding hydrogens is 319 g/mol. The van der Waals surface area contributed by atoms with Gasteiger partial charge in [-0.25, -0.2) is 0 Å². The van der Waals surface area contributed by atoms with Gasteiger partial charge >= 0.3 is 6.18 Å². The SMILES string of the molecule is CC(C)(C)C1CCC(CC(=O)N2CCC(O)(C(F)(F)F)CC2)CC1. The minimum Gasteiger partial charge on any atom is -0.380 e. The zero-order chi connectivity index (χ0) is 18.2. The third-order valence-electron chi connectivity index (χ3n) is 6.01. The highest BCUT2D eigenvalue weighted by molar-refractivity contribution is 5.76. The molecule has 1 aliphatic heterocycles. The van der Waals surface area contributed by atoms with E-state index in [-0.39, 0.29) is 19.0 Å². The van der Waals surface area contributed by atoms with Crippen LogP contribution in [0.2, 0.25) is 0 Å². The number of aliphatic hydroxyl groups is 1. The summed E-state index contributed by atoms with van der Waals surface area (Å²) in [6.07, 6.45) is -0.737. The third kappa shape index (κ3) is 4.44. The average Bonchev–Trinajstić information content (AvgIpc) is 2.46. The quantitative estimate of drug-likeness (QED) is 0.814. The molecule has 140 valence electrons. The molecule has 1 N–H and O–H groups in total. The van der Waals surface area contributed by atoms with Gasteiger partial charge in [-0.3, -0.25) is 4.79 Å². The molecule has 1 saturated heterocycles. The van der Waals surface area contributed by atoms with Gasteiger partial charge in [0.25, 0.3) is 0 Å². The molecule has 24 heavy (non-hydrogen) atoms. The predicted molar refractivity (Wildman–Crippen MR) is 86.3 cm³/mol. The minimum absolute atomic E-state index is 0.00776. The van der Waals surface area contributed by atoms with Crippen molar-refractivity contribution >= 4 is 5.91 Å². The van der Waals surface area contributed by atoms with E-state index in [1.54, 1.807) is 0 Å². The molecule has 0 aromatic rings. The normalized spacial score (nSPS) is 28.7. The van der Waals surface area contributed by atoms with Gasteiger partial charge in [-0.15, -0.1) is 0 Å². The minimum atomic E-state index is -4.62. The third-order valence-corrected chi connectivity index (χ3v) is 6.01. The van der Waals surface area contributed by atoms with Crippen molar-refractivity contribution in [2.24, 2.45) is 17.3 Å². The Labute approximate surface area is 142 Å². The van der Waals surface area contributed by atoms with E-state index in [0.717, 1.165) is 25.7 Å². The number of halogens is 3. The van der Waals surface area contributed by atoms with Crippen LogP contribution < -0.4 is 0 Å². The molecule has 1 saturated carbocycles. The van der Waals surface area contributed by atoms with Crippen molar-refractivity contribution < 1.29 is 23.1 Å². The molecule has 2 rings (SSSR count). The summed E-state index contributed by atoms with van der Waals surface area (Å²) in [6, 6.07) is 0. The van der Waals surface area contributed by atoms with Crippen molar-refractivity contribution in [2.45, 2.75) is 77.5 Å². The first-order valence-corrected chi connectivity index (χ1v) is 8.99. The lowest BCUT2D eigenvalue weighted by molar-refractivity contribution is -0.272. The Morgan fingerprint density at radius 2 is 1.58 bits per heavy atom. The maximum Gasteiger partial charge on any atom is 0.417 e. The lowest BCUT2D eigenvalue weighted by atomic mass is 9.69. The molecule has 0 bridgehead atoms. The summed E-state index contributed by atoms with van der Waals surface area (Å²) in [6.45, 7) is 6.73. The summed E-state index contributed by atoms with van der Waals surface area (Å²) in [5.74, 6) is 0.971. The largest absolute Gasteiger partial charge is 0.417 e. The number of carbonyl (C=O) groups excluding carboxylic acids is 1. The molecule has 2 aliphatic rings. The van der Waals surface area contributed by atoms with Crippen LogP contribution in [0.4, 0.5) is 13.2 Å². The van der Waals surface area contributed by atoms with Crippen molar-refractivity contribution in [1.29, 1.82) is 0 Å². The van der Waals surface area contributed by atoms with Gasteiger partial charge in [0, 0.05) is 32.4 Å². The number of likely N-dealkylation sites (tertiary alicyclic amines) is 1. The van der Waals surface area contributed by atoms with E-state index < -0.39 is 24.6 Å². The fourth-order valence-corrected chi connectivity index (χ4v) is 4.02. The molecule has 1 aliphatic carbocycles. The Morgan fingerprint density at radius 3 is 2.00 bits per heavy atom. The van der Waals surface area contributed by atoms with Gasteiger partial charge < -0.3 is 10.0 Å². The van der Waals surface area contributed by atoms with E-state index in [0.29, 0.717) is 23.7 Å². The highest BCUT2D eigenvalue weighted by atomic mass is 19.4. The maximum absolute atomic E-state index is 12.8. The first kappa shape index (κ1) is 19.5. The van der Waals surface area contributed by atoms with E-state index in [1.807, 2.05) is 0 Å². The lowest BCUT2D eigenvalue weighted by Crippen LogP contribution is -2.54. The van der Waals surface area contributed by atoms with Gasteiger partial charge in [-0.2, -0.15) is 13.2 Å². The Morgan fingerprint density at radius 1 is 1.08 bits per heavy atom. The molecule has 0 aromatic heterocycles. The van der Waals surface area contributed by atoms with Crippen LogP contribution >= 0.6 is 0 Å². The molecule has 1 heterocycles. The van der Waals surface area contributed by atoms with Gasteiger partial charge in [0.2, 0.25) is 5.91 Å². The number of rotatable bonds is 2. The molecule has 3 nitrogen and oxygen atoms in total. The van der Waals surface area contributed by atoms with Gasteiger partial charge in [-0.05, 0) is 42.9 Å². The van der Waals surface area contributed by atoms with E-state index in [4.69, 9.17) is 0 Å². The van der Waals surface area contributed by atoms with Crippen molar-refractivity contribution in [1.82, 2.24) is 4.90 Å². The number of alkyl halides is 3. The number of nitrogens with zero attached hydrogens (tertiary/aromatic N) is 1. The molecule has 0 spiro atoms. The van der Waals surface area contributed by atoms with Crippen molar-refractivity contribution in [3.63, 3.8) is 0 Å². The second kappa shape index (κ2) is 6.85. The number of hydrogen-bond donors (Lipinski definition) is 1. The van der Waals surface area contributed by atoms with Crippen LogP contribution in [0.3, 0.4) is 0 Å². The summed E-state index contributed by atoms with van der Waals surface area (Å²) in [5, 5.41) is 9.67. The maximum atomic E-state index is 12.8. The fourth-order valence-electron chi connectivity index (χ4n) is 4.02. The van der Waals surface area contributed by atoms with E-state index >= 15 is 0 Å². The number of carbonyl (C=O) groups is 1. The van der Waals surface area contributed by atoms with Gasteiger partial charge in [0.1, 0.15) is 0 Å². The first-order valence-electron chi connectivity index (χ1n) is 8.99. The Balaban J connectivity index is 1.79. The lowest BCUT2D eigenvalue weighted by Gasteiger charge is -2.40. The number of hydrogen-bond acceptors (Lipinski definition) is 2. The van der Waals surface area contributed by atoms with Crippen molar-refractivity contribution in [3.8, 4) is 0 Å². The average molecular weight is 349 g/mol. The second-order valence-electron chi connectivity index (χ2n) is 8.70. The fraction of sp³-hybridized carbons (Fsp3) is 0.944. The molecule has 0 atom stereocenters. The van der Waals surface area contributed by atoms with E-state index in [2.05, 4.69) is 20.8 Å². The Bertz CT molecular complexity index is 440. The first-order chi connectivity index (χ1) is 10.9. The van der Waals surface area contributed by atoms with E-state index in [9.17, 15) is 23.1 Å². The molecule has 1 amide bonds. The monoisotopic (exact) mass is 349 g/mol. The summed E-state index contributed by atoms with van der Waals surface area (Å²) >= 11 is 0. The standard InChI is InChI=1S/C18H30F3NO2/c1-16(2,3)14-6-4-13(5-7-14)12-15(23)22-10-8-17(24,9-11-22)18(19,20)21/h13-14,24H,4-12H2,1-3H3. The van der Waals surface area contributed by atoms with Gasteiger partial charge in [0.05, 0.1) is 0 Å². The smallest absolute Gasteiger partial charge is 0.380 e. The Kier molecular flexibility index (Phi) is 5.58. The summed E-state index contributed by atoms with van der Waals surface area (Å²) in [4.78, 5) is 13.9. The molecule has 6 heteroatoms. The topological polar surface area (TPSA) is 40.5 Å². The zero-order valence-corrected chi connectivity index (χ0v) is 15.0. The van der Waals surface area contributed by atoms with Gasteiger partial charge in [0.15, 0.2) is 5.60 Å². The second-order valence-corrected chi connectivity index (χ2v) is 8.70. The van der Waals surface area contributed by atoms with Crippen molar-refractivity contribution in [3.05, 3.63) is 0 Å². The van der Waals surface area contributed by atoms with Crippen LogP contribution in [0.15, 0.2) is 0 Å². The zero-order valence-electron chi connectivity index (χ0n) is 15.0. The summed E-state index contributed by atoms with van der Waals surface area (Å²) in [5.41, 5.74) is -2.33. The van der Waals surface area contributed by atoms with Gasteiger partial charge in [-0.1, -0.05) is 20.8 Å². The molecule has 0 unspecified atom stereocenters.